The molecular weight excluding hydrogens is 200 g/mol. The zero-order valence-corrected chi connectivity index (χ0v) is 11.3. The zero-order valence-electron chi connectivity index (χ0n) is 9.30. The average Bonchev–Trinajstić information content (AvgIpc) is 2.16. The first-order valence-electron chi connectivity index (χ1n) is 5.37. The van der Waals surface area contributed by atoms with Gasteiger partial charge in [-0.25, -0.2) is 0 Å². The van der Waals surface area contributed by atoms with Crippen molar-refractivity contribution in [2.75, 3.05) is 0 Å². The molecule has 1 aromatic rings. The summed E-state index contributed by atoms with van der Waals surface area (Å²) in [7, 11) is 0.260. The fraction of sp³-hybridized carbons (Fsp3) is 0.500. The average molecular weight is 218 g/mol. The van der Waals surface area contributed by atoms with Crippen molar-refractivity contribution in [1.82, 2.24) is 0 Å². The third-order valence-electron chi connectivity index (χ3n) is 3.13. The number of benzene rings is 1. The predicted molar refractivity (Wildman–Crippen MR) is 66.7 cm³/mol. The molecule has 0 N–H and O–H groups in total. The molecule has 2 rings (SSSR count). The summed E-state index contributed by atoms with van der Waals surface area (Å²) in [5.41, 5.74) is 3.24. The maximum Gasteiger partial charge on any atom is 0.0446 e. The lowest BCUT2D eigenvalue weighted by molar-refractivity contribution is 0.958. The lowest BCUT2D eigenvalue weighted by Crippen LogP contribution is -2.36. The summed E-state index contributed by atoms with van der Waals surface area (Å²) in [5, 5.41) is 1.03. The normalized spacial score (nSPS) is 21.8. The van der Waals surface area contributed by atoms with E-state index in [9.17, 15) is 0 Å². The molecule has 0 aromatic heterocycles. The molecule has 1 aliphatic rings. The number of hydrogen-bond acceptors (Lipinski definition) is 0. The minimum Gasteiger partial charge on any atom is -0.0696 e. The van der Waals surface area contributed by atoms with Crippen LogP contribution in [-0.4, -0.2) is 17.6 Å². The molecule has 14 heavy (non-hydrogen) atoms. The van der Waals surface area contributed by atoms with E-state index < -0.39 is 8.07 Å². The highest BCUT2D eigenvalue weighted by Crippen LogP contribution is 2.31. The van der Waals surface area contributed by atoms with Crippen molar-refractivity contribution in [3.05, 3.63) is 35.4 Å². The first kappa shape index (κ1) is 10.2. The van der Waals surface area contributed by atoms with E-state index in [2.05, 4.69) is 43.9 Å². The number of rotatable bonds is 1. The van der Waals surface area contributed by atoms with Gasteiger partial charge in [0.05, 0.1) is 0 Å². The first-order valence-corrected chi connectivity index (χ1v) is 10.2. The molecule has 0 aliphatic carbocycles. The van der Waals surface area contributed by atoms with Gasteiger partial charge in [0, 0.05) is 17.6 Å². The number of fused-ring (bicyclic) bond motifs is 1. The van der Waals surface area contributed by atoms with Crippen molar-refractivity contribution in [3.8, 4) is 0 Å². The molecule has 0 fully saturated rings. The van der Waals surface area contributed by atoms with E-state index in [1.807, 2.05) is 0 Å². The summed E-state index contributed by atoms with van der Waals surface area (Å²) in [5.74, 6) is 0. The molecule has 1 heterocycles. The molecule has 2 heteroatoms. The van der Waals surface area contributed by atoms with Crippen LogP contribution in [0.4, 0.5) is 0 Å². The van der Waals surface area contributed by atoms with E-state index in [1.165, 1.54) is 22.0 Å². The van der Waals surface area contributed by atoms with E-state index in [-0.39, 0.29) is 0 Å². The van der Waals surface area contributed by atoms with Crippen LogP contribution in [0.3, 0.4) is 0 Å². The van der Waals surface area contributed by atoms with Gasteiger partial charge in [0.25, 0.3) is 0 Å². The standard InChI is InChI=1S/C12H18Si2/c1-14(2,3)12-8-10-6-4-5-7-11(10)9-13-12/h4-7,12H,8-9H2,1-3H3/t12-/m0/s1. The van der Waals surface area contributed by atoms with Gasteiger partial charge in [-0.15, -0.1) is 0 Å². The molecule has 0 bridgehead atoms. The Morgan fingerprint density at radius 2 is 1.79 bits per heavy atom. The van der Waals surface area contributed by atoms with Crippen molar-refractivity contribution in [3.63, 3.8) is 0 Å². The maximum absolute atomic E-state index is 2.51. The molecule has 0 saturated heterocycles. The van der Waals surface area contributed by atoms with Gasteiger partial charge in [0.1, 0.15) is 0 Å². The van der Waals surface area contributed by atoms with Gasteiger partial charge in [-0.1, -0.05) is 43.9 Å². The molecule has 2 radical (unpaired) electrons. The maximum atomic E-state index is 2.51. The van der Waals surface area contributed by atoms with Gasteiger partial charge in [-0.3, -0.25) is 0 Å². The third kappa shape index (κ3) is 2.01. The summed E-state index contributed by atoms with van der Waals surface area (Å²) >= 11 is 0. The molecule has 0 unspecified atom stereocenters. The van der Waals surface area contributed by atoms with E-state index >= 15 is 0 Å². The molecule has 0 spiro atoms. The Morgan fingerprint density at radius 1 is 1.14 bits per heavy atom. The minimum atomic E-state index is -0.913. The molecular formula is C12H18Si2. The highest BCUT2D eigenvalue weighted by Gasteiger charge is 2.30. The second-order valence-electron chi connectivity index (χ2n) is 5.27. The lowest BCUT2D eigenvalue weighted by atomic mass is 10.1. The Balaban J connectivity index is 2.22. The Labute approximate surface area is 90.6 Å². The minimum absolute atomic E-state index is 0.913. The van der Waals surface area contributed by atoms with Crippen molar-refractivity contribution in [1.29, 1.82) is 0 Å². The molecule has 1 aromatic carbocycles. The zero-order chi connectivity index (χ0) is 10.2. The highest BCUT2D eigenvalue weighted by atomic mass is 28.4. The van der Waals surface area contributed by atoms with Crippen LogP contribution in [0.2, 0.25) is 24.8 Å². The molecule has 0 saturated carbocycles. The molecule has 0 nitrogen and oxygen atoms in total. The largest absolute Gasteiger partial charge is 0.0696 e. The monoisotopic (exact) mass is 218 g/mol. The van der Waals surface area contributed by atoms with E-state index in [1.54, 1.807) is 11.1 Å². The van der Waals surface area contributed by atoms with Crippen LogP contribution in [-0.2, 0) is 12.5 Å². The fourth-order valence-electron chi connectivity index (χ4n) is 2.07. The van der Waals surface area contributed by atoms with Gasteiger partial charge in [-0.2, -0.15) is 0 Å². The van der Waals surface area contributed by atoms with Crippen molar-refractivity contribution in [2.45, 2.75) is 37.3 Å². The third-order valence-corrected chi connectivity index (χ3v) is 9.91. The van der Waals surface area contributed by atoms with Crippen LogP contribution in [0.5, 0.6) is 0 Å². The smallest absolute Gasteiger partial charge is 0.0446 e. The molecule has 1 atom stereocenters. The van der Waals surface area contributed by atoms with Gasteiger partial charge >= 0.3 is 0 Å². The van der Waals surface area contributed by atoms with Gasteiger partial charge in [-0.05, 0) is 28.8 Å². The quantitative estimate of drug-likeness (QED) is 0.635. The van der Waals surface area contributed by atoms with Gasteiger partial charge < -0.3 is 0 Å². The SMILES string of the molecule is C[Si](C)(C)[C@H]1Cc2ccccc2C[Si]1. The summed E-state index contributed by atoms with van der Waals surface area (Å²) in [6.07, 6.45) is 1.35. The first-order chi connectivity index (χ1) is 6.57. The fourth-order valence-corrected chi connectivity index (χ4v) is 6.83. The Bertz CT molecular complexity index is 325. The van der Waals surface area contributed by atoms with E-state index in [4.69, 9.17) is 0 Å². The lowest BCUT2D eigenvalue weighted by Gasteiger charge is -2.32. The Kier molecular flexibility index (Phi) is 2.67. The van der Waals surface area contributed by atoms with Crippen molar-refractivity contribution in [2.24, 2.45) is 0 Å². The summed E-state index contributed by atoms with van der Waals surface area (Å²) in [6, 6.07) is 10.3. The Hall–Kier alpha value is -0.346. The summed E-state index contributed by atoms with van der Waals surface area (Å²) < 4.78 is 0. The molecule has 1 aliphatic heterocycles. The van der Waals surface area contributed by atoms with Gasteiger partial charge in [0.15, 0.2) is 0 Å². The Morgan fingerprint density at radius 3 is 2.43 bits per heavy atom. The van der Waals surface area contributed by atoms with Crippen LogP contribution in [0, 0.1) is 0 Å². The van der Waals surface area contributed by atoms with Crippen LogP contribution in [0.25, 0.3) is 0 Å². The van der Waals surface area contributed by atoms with Crippen molar-refractivity contribution < 1.29 is 0 Å². The second kappa shape index (κ2) is 3.67. The van der Waals surface area contributed by atoms with Crippen LogP contribution in [0.15, 0.2) is 24.3 Å². The second-order valence-corrected chi connectivity index (χ2v) is 12.7. The van der Waals surface area contributed by atoms with Crippen LogP contribution < -0.4 is 0 Å². The summed E-state index contributed by atoms with van der Waals surface area (Å²) in [4.78, 5) is 0. The molecule has 74 valence electrons. The predicted octanol–water partition coefficient (Wildman–Crippen LogP) is 3.11. The van der Waals surface area contributed by atoms with Crippen LogP contribution in [0.1, 0.15) is 11.1 Å². The van der Waals surface area contributed by atoms with Crippen LogP contribution >= 0.6 is 0 Å². The molecule has 0 amide bonds. The number of hydrogen-bond donors (Lipinski definition) is 0. The summed E-state index contributed by atoms with van der Waals surface area (Å²) in [6.45, 7) is 7.54. The highest BCUT2D eigenvalue weighted by molar-refractivity contribution is 6.85. The van der Waals surface area contributed by atoms with Gasteiger partial charge in [0.2, 0.25) is 0 Å². The van der Waals surface area contributed by atoms with Crippen molar-refractivity contribution >= 4 is 17.6 Å². The van der Waals surface area contributed by atoms with E-state index in [0.29, 0.717) is 0 Å². The van der Waals surface area contributed by atoms with E-state index in [0.717, 1.165) is 5.16 Å². The topological polar surface area (TPSA) is 0 Å².